The number of benzene rings is 2. The number of amides is 1. The highest BCUT2D eigenvalue weighted by molar-refractivity contribution is 6.11. The molecule has 0 aliphatic heterocycles. The number of hydrogen-bond acceptors (Lipinski definition) is 2. The number of anilines is 1. The van der Waals surface area contributed by atoms with Crippen molar-refractivity contribution in [2.24, 2.45) is 0 Å². The van der Waals surface area contributed by atoms with Gasteiger partial charge in [0, 0.05) is 11.1 Å². The topological polar surface area (TPSA) is 57.8 Å². The Hall–Kier alpha value is -2.62. The SMILES string of the molecule is Cc1ccc(NC(=O)c2n[nH]c3ccccc23)cc1C. The largest absolute Gasteiger partial charge is 0.321 e. The molecule has 20 heavy (non-hydrogen) atoms. The number of carbonyl (C=O) groups is 1. The van der Waals surface area contributed by atoms with Crippen LogP contribution in [-0.2, 0) is 0 Å². The monoisotopic (exact) mass is 265 g/mol. The van der Waals surface area contributed by atoms with Gasteiger partial charge in [-0.3, -0.25) is 9.89 Å². The molecular formula is C16H15N3O. The number of aromatic amines is 1. The fourth-order valence-corrected chi connectivity index (χ4v) is 2.15. The van der Waals surface area contributed by atoms with E-state index in [-0.39, 0.29) is 5.91 Å². The Morgan fingerprint density at radius 3 is 2.70 bits per heavy atom. The molecule has 0 fully saturated rings. The predicted molar refractivity (Wildman–Crippen MR) is 80.0 cm³/mol. The molecule has 1 heterocycles. The van der Waals surface area contributed by atoms with Crippen molar-refractivity contribution in [2.75, 3.05) is 5.32 Å². The molecule has 0 spiro atoms. The molecule has 2 aromatic carbocycles. The molecule has 3 rings (SSSR count). The Labute approximate surface area is 116 Å². The van der Waals surface area contributed by atoms with Gasteiger partial charge >= 0.3 is 0 Å². The van der Waals surface area contributed by atoms with Crippen molar-refractivity contribution < 1.29 is 4.79 Å². The first-order valence-electron chi connectivity index (χ1n) is 6.47. The average Bonchev–Trinajstić information content (AvgIpc) is 2.87. The average molecular weight is 265 g/mol. The number of fused-ring (bicyclic) bond motifs is 1. The minimum Gasteiger partial charge on any atom is -0.321 e. The van der Waals surface area contributed by atoms with E-state index in [1.54, 1.807) is 0 Å². The predicted octanol–water partition coefficient (Wildman–Crippen LogP) is 3.43. The van der Waals surface area contributed by atoms with Gasteiger partial charge in [0.1, 0.15) is 0 Å². The lowest BCUT2D eigenvalue weighted by atomic mass is 10.1. The quantitative estimate of drug-likeness (QED) is 0.745. The van der Waals surface area contributed by atoms with Crippen molar-refractivity contribution in [1.82, 2.24) is 10.2 Å². The molecular weight excluding hydrogens is 250 g/mol. The number of hydrogen-bond donors (Lipinski definition) is 2. The van der Waals surface area contributed by atoms with Gasteiger partial charge in [0.05, 0.1) is 5.52 Å². The van der Waals surface area contributed by atoms with Gasteiger partial charge in [-0.25, -0.2) is 0 Å². The van der Waals surface area contributed by atoms with Gasteiger partial charge in [-0.2, -0.15) is 5.10 Å². The second kappa shape index (κ2) is 4.81. The van der Waals surface area contributed by atoms with Crippen LogP contribution in [0.25, 0.3) is 10.9 Å². The third kappa shape index (κ3) is 2.16. The van der Waals surface area contributed by atoms with Gasteiger partial charge in [-0.05, 0) is 43.2 Å². The minimum atomic E-state index is -0.203. The molecule has 0 saturated carbocycles. The molecule has 0 radical (unpaired) electrons. The summed E-state index contributed by atoms with van der Waals surface area (Å²) in [4.78, 5) is 12.3. The van der Waals surface area contributed by atoms with Gasteiger partial charge < -0.3 is 5.32 Å². The molecule has 0 aliphatic carbocycles. The molecule has 1 aromatic heterocycles. The van der Waals surface area contributed by atoms with Crippen LogP contribution in [0.5, 0.6) is 0 Å². The van der Waals surface area contributed by atoms with Crippen LogP contribution >= 0.6 is 0 Å². The molecule has 4 heteroatoms. The van der Waals surface area contributed by atoms with Crippen LogP contribution in [0.2, 0.25) is 0 Å². The molecule has 2 N–H and O–H groups in total. The molecule has 1 amide bonds. The number of carbonyl (C=O) groups excluding carboxylic acids is 1. The summed E-state index contributed by atoms with van der Waals surface area (Å²) in [5, 5.41) is 10.7. The van der Waals surface area contributed by atoms with E-state index in [0.717, 1.165) is 22.2 Å². The molecule has 100 valence electrons. The highest BCUT2D eigenvalue weighted by Crippen LogP contribution is 2.18. The van der Waals surface area contributed by atoms with Crippen LogP contribution in [-0.4, -0.2) is 16.1 Å². The maximum Gasteiger partial charge on any atom is 0.276 e. The third-order valence-corrected chi connectivity index (χ3v) is 3.45. The van der Waals surface area contributed by atoms with Crippen molar-refractivity contribution in [3.05, 3.63) is 59.3 Å². The first kappa shape index (κ1) is 12.4. The summed E-state index contributed by atoms with van der Waals surface area (Å²) < 4.78 is 0. The number of H-pyrrole nitrogens is 1. The number of nitrogens with zero attached hydrogens (tertiary/aromatic N) is 1. The van der Waals surface area contributed by atoms with Gasteiger partial charge in [0.25, 0.3) is 5.91 Å². The van der Waals surface area contributed by atoms with Crippen molar-refractivity contribution in [3.63, 3.8) is 0 Å². The number of aryl methyl sites for hydroxylation is 2. The van der Waals surface area contributed by atoms with Crippen LogP contribution in [0.4, 0.5) is 5.69 Å². The number of para-hydroxylation sites is 1. The lowest BCUT2D eigenvalue weighted by Gasteiger charge is -2.06. The number of aromatic nitrogens is 2. The van der Waals surface area contributed by atoms with E-state index in [4.69, 9.17) is 0 Å². The molecule has 0 saturated heterocycles. The highest BCUT2D eigenvalue weighted by atomic mass is 16.1. The summed E-state index contributed by atoms with van der Waals surface area (Å²) in [6.07, 6.45) is 0. The molecule has 4 nitrogen and oxygen atoms in total. The smallest absolute Gasteiger partial charge is 0.276 e. The van der Waals surface area contributed by atoms with Crippen molar-refractivity contribution >= 4 is 22.5 Å². The summed E-state index contributed by atoms with van der Waals surface area (Å²) in [7, 11) is 0. The zero-order valence-electron chi connectivity index (χ0n) is 11.4. The third-order valence-electron chi connectivity index (χ3n) is 3.45. The van der Waals surface area contributed by atoms with Crippen LogP contribution in [0.15, 0.2) is 42.5 Å². The van der Waals surface area contributed by atoms with E-state index in [1.165, 1.54) is 5.56 Å². The Bertz CT molecular complexity index is 789. The van der Waals surface area contributed by atoms with Crippen molar-refractivity contribution in [2.45, 2.75) is 13.8 Å². The van der Waals surface area contributed by atoms with Gasteiger partial charge in [-0.1, -0.05) is 24.3 Å². The Morgan fingerprint density at radius 1 is 1.10 bits per heavy atom. The number of rotatable bonds is 2. The molecule has 0 bridgehead atoms. The van der Waals surface area contributed by atoms with Crippen molar-refractivity contribution in [3.8, 4) is 0 Å². The zero-order chi connectivity index (χ0) is 14.1. The molecule has 3 aromatic rings. The maximum atomic E-state index is 12.3. The fourth-order valence-electron chi connectivity index (χ4n) is 2.15. The summed E-state index contributed by atoms with van der Waals surface area (Å²) in [5.41, 5.74) is 4.41. The minimum absolute atomic E-state index is 0.203. The number of nitrogens with one attached hydrogen (secondary N) is 2. The first-order chi connectivity index (χ1) is 9.65. The second-order valence-electron chi connectivity index (χ2n) is 4.87. The van der Waals surface area contributed by atoms with Crippen LogP contribution in [0.3, 0.4) is 0 Å². The fraction of sp³-hybridized carbons (Fsp3) is 0.125. The standard InChI is InChI=1S/C16H15N3O/c1-10-7-8-12(9-11(10)2)17-16(20)15-13-5-3-4-6-14(13)18-19-15/h3-9H,1-2H3,(H,17,20)(H,18,19). The van der Waals surface area contributed by atoms with E-state index >= 15 is 0 Å². The summed E-state index contributed by atoms with van der Waals surface area (Å²) in [6.45, 7) is 4.07. The van der Waals surface area contributed by atoms with E-state index in [9.17, 15) is 4.79 Å². The van der Waals surface area contributed by atoms with Gasteiger partial charge in [0.15, 0.2) is 5.69 Å². The van der Waals surface area contributed by atoms with E-state index in [0.29, 0.717) is 5.69 Å². The van der Waals surface area contributed by atoms with Crippen LogP contribution < -0.4 is 5.32 Å². The summed E-state index contributed by atoms with van der Waals surface area (Å²) in [6, 6.07) is 13.4. The Morgan fingerprint density at radius 2 is 1.90 bits per heavy atom. The summed E-state index contributed by atoms with van der Waals surface area (Å²) >= 11 is 0. The molecule has 0 unspecified atom stereocenters. The molecule has 0 atom stereocenters. The highest BCUT2D eigenvalue weighted by Gasteiger charge is 2.13. The normalized spacial score (nSPS) is 10.7. The maximum absolute atomic E-state index is 12.3. The Kier molecular flexibility index (Phi) is 2.99. The van der Waals surface area contributed by atoms with E-state index < -0.39 is 0 Å². The second-order valence-corrected chi connectivity index (χ2v) is 4.87. The van der Waals surface area contributed by atoms with Crippen LogP contribution in [0.1, 0.15) is 21.6 Å². The van der Waals surface area contributed by atoms with Crippen LogP contribution in [0, 0.1) is 13.8 Å². The molecule has 0 aliphatic rings. The van der Waals surface area contributed by atoms with E-state index in [2.05, 4.69) is 15.5 Å². The van der Waals surface area contributed by atoms with E-state index in [1.807, 2.05) is 56.3 Å². The van der Waals surface area contributed by atoms with Gasteiger partial charge in [-0.15, -0.1) is 0 Å². The zero-order valence-corrected chi connectivity index (χ0v) is 11.4. The summed E-state index contributed by atoms with van der Waals surface area (Å²) in [5.74, 6) is -0.203. The lowest BCUT2D eigenvalue weighted by molar-refractivity contribution is 0.102. The van der Waals surface area contributed by atoms with Gasteiger partial charge in [0.2, 0.25) is 0 Å². The van der Waals surface area contributed by atoms with Crippen molar-refractivity contribution in [1.29, 1.82) is 0 Å². The lowest BCUT2D eigenvalue weighted by Crippen LogP contribution is -2.13. The Balaban J connectivity index is 1.91. The first-order valence-corrected chi connectivity index (χ1v) is 6.47.